The summed E-state index contributed by atoms with van der Waals surface area (Å²) >= 11 is 0. The molecule has 142 valence electrons. The lowest BCUT2D eigenvalue weighted by Gasteiger charge is -2.19. The fraction of sp³-hybridized carbons (Fsp3) is 0.200. The monoisotopic (exact) mass is 379 g/mol. The van der Waals surface area contributed by atoms with Gasteiger partial charge in [0.15, 0.2) is 17.4 Å². The standard InChI is InChI=1S/C20H17F4NO2/c1-27-20-18(23)14(8-15(22)19(20)24)13(9-17(26)10-3-2-4-10)12-6-5-11(21)7-16(12)25/h5-9,26H,2-4,25H2,1H3/b13-9-. The average Bonchev–Trinajstić information content (AvgIpc) is 2.56. The Labute approximate surface area is 153 Å². The number of aliphatic hydroxyl groups is 1. The maximum absolute atomic E-state index is 14.8. The van der Waals surface area contributed by atoms with Crippen molar-refractivity contribution in [1.82, 2.24) is 0 Å². The summed E-state index contributed by atoms with van der Waals surface area (Å²) in [5.74, 6) is -5.56. The molecular weight excluding hydrogens is 362 g/mol. The topological polar surface area (TPSA) is 55.5 Å². The van der Waals surface area contributed by atoms with Crippen LogP contribution in [0.5, 0.6) is 5.75 Å². The normalized spacial score (nSPS) is 14.1. The lowest BCUT2D eigenvalue weighted by Crippen LogP contribution is -2.05. The van der Waals surface area contributed by atoms with E-state index in [-0.39, 0.29) is 28.1 Å². The molecule has 2 aromatic carbocycles. The van der Waals surface area contributed by atoms with Crippen LogP contribution in [0.3, 0.4) is 0 Å². The van der Waals surface area contributed by atoms with E-state index in [1.807, 2.05) is 0 Å². The van der Waals surface area contributed by atoms with Crippen LogP contribution in [-0.2, 0) is 0 Å². The van der Waals surface area contributed by atoms with Crippen LogP contribution in [0.1, 0.15) is 30.4 Å². The van der Waals surface area contributed by atoms with Crippen LogP contribution in [-0.4, -0.2) is 12.2 Å². The Kier molecular flexibility index (Phi) is 5.12. The van der Waals surface area contributed by atoms with Gasteiger partial charge >= 0.3 is 0 Å². The number of allylic oxidation sites excluding steroid dienone is 2. The van der Waals surface area contributed by atoms with Crippen molar-refractivity contribution >= 4 is 11.3 Å². The molecule has 0 bridgehead atoms. The van der Waals surface area contributed by atoms with Gasteiger partial charge in [0.05, 0.1) is 7.11 Å². The predicted molar refractivity (Wildman–Crippen MR) is 94.3 cm³/mol. The quantitative estimate of drug-likeness (QED) is 0.330. The molecule has 0 spiro atoms. The number of halogens is 4. The first-order valence-electron chi connectivity index (χ1n) is 8.23. The molecule has 0 heterocycles. The third-order valence-corrected chi connectivity index (χ3v) is 4.51. The van der Waals surface area contributed by atoms with Gasteiger partial charge in [0.1, 0.15) is 11.6 Å². The minimum absolute atomic E-state index is 0.0147. The van der Waals surface area contributed by atoms with Gasteiger partial charge in [-0.2, -0.15) is 4.39 Å². The van der Waals surface area contributed by atoms with Crippen LogP contribution in [0, 0.1) is 23.3 Å². The van der Waals surface area contributed by atoms with Gasteiger partial charge < -0.3 is 15.6 Å². The van der Waals surface area contributed by atoms with Crippen LogP contribution >= 0.6 is 0 Å². The second kappa shape index (κ2) is 7.34. The molecule has 0 aliphatic heterocycles. The third-order valence-electron chi connectivity index (χ3n) is 4.51. The molecule has 0 radical (unpaired) electrons. The highest BCUT2D eigenvalue weighted by Gasteiger charge is 2.24. The maximum atomic E-state index is 14.8. The Bertz CT molecular complexity index is 961. The van der Waals surface area contributed by atoms with Crippen molar-refractivity contribution in [2.24, 2.45) is 0 Å². The Balaban J connectivity index is 2.28. The second-order valence-corrected chi connectivity index (χ2v) is 6.20. The molecular formula is C20H17F4NO2. The van der Waals surface area contributed by atoms with E-state index < -0.39 is 29.0 Å². The van der Waals surface area contributed by atoms with Crippen molar-refractivity contribution in [3.05, 3.63) is 76.1 Å². The lowest BCUT2D eigenvalue weighted by atomic mass is 9.89. The molecule has 27 heavy (non-hydrogen) atoms. The molecule has 0 aromatic heterocycles. The average molecular weight is 379 g/mol. The number of hydrogen-bond acceptors (Lipinski definition) is 3. The SMILES string of the molecule is COc1c(F)c(F)cc(/C(=C\C(O)=C2CCC2)c2ccc(F)cc2N)c1F. The number of benzene rings is 2. The van der Waals surface area contributed by atoms with Gasteiger partial charge in [-0.05, 0) is 60.8 Å². The fourth-order valence-corrected chi connectivity index (χ4v) is 2.88. The van der Waals surface area contributed by atoms with Gasteiger partial charge in [-0.15, -0.1) is 0 Å². The van der Waals surface area contributed by atoms with Crippen molar-refractivity contribution in [2.75, 3.05) is 12.8 Å². The number of ether oxygens (including phenoxy) is 1. The minimum atomic E-state index is -1.47. The first kappa shape index (κ1) is 18.8. The summed E-state index contributed by atoms with van der Waals surface area (Å²) in [5.41, 5.74) is 6.34. The minimum Gasteiger partial charge on any atom is -0.508 e. The molecule has 0 unspecified atom stereocenters. The number of aliphatic hydroxyl groups excluding tert-OH is 1. The number of rotatable bonds is 4. The number of nitrogens with two attached hydrogens (primary N) is 1. The highest BCUT2D eigenvalue weighted by atomic mass is 19.2. The number of methoxy groups -OCH3 is 1. The second-order valence-electron chi connectivity index (χ2n) is 6.20. The Morgan fingerprint density at radius 1 is 1.07 bits per heavy atom. The Hall–Kier alpha value is -2.96. The van der Waals surface area contributed by atoms with Crippen molar-refractivity contribution < 1.29 is 27.4 Å². The van der Waals surface area contributed by atoms with Crippen molar-refractivity contribution in [1.29, 1.82) is 0 Å². The molecule has 0 atom stereocenters. The summed E-state index contributed by atoms with van der Waals surface area (Å²) in [6.45, 7) is 0. The van der Waals surface area contributed by atoms with Crippen LogP contribution in [0.15, 0.2) is 41.7 Å². The molecule has 3 N–H and O–H groups in total. The molecule has 0 amide bonds. The molecule has 1 saturated carbocycles. The number of anilines is 1. The molecule has 3 nitrogen and oxygen atoms in total. The van der Waals surface area contributed by atoms with Gasteiger partial charge in [-0.1, -0.05) is 0 Å². The van der Waals surface area contributed by atoms with E-state index in [0.717, 1.165) is 31.2 Å². The van der Waals surface area contributed by atoms with Gasteiger partial charge in [-0.25, -0.2) is 13.2 Å². The third kappa shape index (κ3) is 3.49. The van der Waals surface area contributed by atoms with Crippen molar-refractivity contribution in [3.63, 3.8) is 0 Å². The highest BCUT2D eigenvalue weighted by molar-refractivity contribution is 5.87. The summed E-state index contributed by atoms with van der Waals surface area (Å²) in [6.07, 6.45) is 3.50. The summed E-state index contributed by atoms with van der Waals surface area (Å²) in [4.78, 5) is 0. The first-order valence-corrected chi connectivity index (χ1v) is 8.23. The summed E-state index contributed by atoms with van der Waals surface area (Å²) < 4.78 is 60.7. The maximum Gasteiger partial charge on any atom is 0.203 e. The van der Waals surface area contributed by atoms with Gasteiger partial charge in [0.25, 0.3) is 0 Å². The first-order chi connectivity index (χ1) is 12.8. The van der Waals surface area contributed by atoms with E-state index in [0.29, 0.717) is 18.9 Å². The molecule has 0 saturated heterocycles. The summed E-state index contributed by atoms with van der Waals surface area (Å²) in [7, 11) is 1.01. The van der Waals surface area contributed by atoms with Crippen LogP contribution in [0.2, 0.25) is 0 Å². The van der Waals surface area contributed by atoms with E-state index in [2.05, 4.69) is 4.74 Å². The summed E-state index contributed by atoms with van der Waals surface area (Å²) in [5, 5.41) is 10.3. The molecule has 1 aliphatic rings. The van der Waals surface area contributed by atoms with E-state index in [4.69, 9.17) is 5.73 Å². The van der Waals surface area contributed by atoms with Crippen molar-refractivity contribution in [3.8, 4) is 5.75 Å². The van der Waals surface area contributed by atoms with E-state index in [9.17, 15) is 22.7 Å². The smallest absolute Gasteiger partial charge is 0.203 e. The molecule has 3 rings (SSSR count). The van der Waals surface area contributed by atoms with Crippen LogP contribution < -0.4 is 10.5 Å². The lowest BCUT2D eigenvalue weighted by molar-refractivity contribution is 0.346. The molecule has 1 fully saturated rings. The van der Waals surface area contributed by atoms with Crippen LogP contribution in [0.4, 0.5) is 23.2 Å². The van der Waals surface area contributed by atoms with E-state index >= 15 is 0 Å². The zero-order valence-corrected chi connectivity index (χ0v) is 14.5. The number of hydrogen-bond donors (Lipinski definition) is 2. The fourth-order valence-electron chi connectivity index (χ4n) is 2.88. The van der Waals surface area contributed by atoms with Gasteiger partial charge in [-0.3, -0.25) is 0 Å². The van der Waals surface area contributed by atoms with Gasteiger partial charge in [0.2, 0.25) is 5.82 Å². The Morgan fingerprint density at radius 2 is 1.78 bits per heavy atom. The summed E-state index contributed by atoms with van der Waals surface area (Å²) in [6, 6.07) is 4.05. The van der Waals surface area contributed by atoms with E-state index in [1.54, 1.807) is 0 Å². The zero-order valence-electron chi connectivity index (χ0n) is 14.5. The highest BCUT2D eigenvalue weighted by Crippen LogP contribution is 2.37. The predicted octanol–water partition coefficient (Wildman–Crippen LogP) is 5.26. The van der Waals surface area contributed by atoms with Gasteiger partial charge in [0, 0.05) is 16.8 Å². The van der Waals surface area contributed by atoms with E-state index in [1.165, 1.54) is 12.1 Å². The van der Waals surface area contributed by atoms with Crippen molar-refractivity contribution in [2.45, 2.75) is 19.3 Å². The molecule has 1 aliphatic carbocycles. The largest absolute Gasteiger partial charge is 0.508 e. The molecule has 7 heteroatoms. The Morgan fingerprint density at radius 3 is 2.33 bits per heavy atom. The number of nitrogen functional groups attached to an aromatic ring is 1. The molecule has 2 aromatic rings. The zero-order chi connectivity index (χ0) is 19.7. The van der Waals surface area contributed by atoms with Crippen LogP contribution in [0.25, 0.3) is 5.57 Å².